The van der Waals surface area contributed by atoms with Crippen LogP contribution in [0.2, 0.25) is 0 Å². The van der Waals surface area contributed by atoms with Gasteiger partial charge in [-0.2, -0.15) is 0 Å². The van der Waals surface area contributed by atoms with E-state index in [9.17, 15) is 4.79 Å². The molecule has 0 aliphatic heterocycles. The molecule has 1 rings (SSSR count). The first kappa shape index (κ1) is 7.14. The lowest BCUT2D eigenvalue weighted by Gasteiger charge is -1.90. The maximum absolute atomic E-state index is 10.2. The van der Waals surface area contributed by atoms with Crippen molar-refractivity contribution in [1.82, 2.24) is 9.97 Å². The van der Waals surface area contributed by atoms with Gasteiger partial charge < -0.3 is 5.11 Å². The monoisotopic (exact) mass is 202 g/mol. The second-order valence-corrected chi connectivity index (χ2v) is 2.26. The predicted octanol–water partition coefficient (Wildman–Crippen LogP) is 0.937. The van der Waals surface area contributed by atoms with Crippen molar-refractivity contribution >= 4 is 21.9 Å². The zero-order valence-corrected chi connectivity index (χ0v) is 6.37. The second kappa shape index (κ2) is 2.74. The number of carbonyl (C=O) groups is 1. The molecule has 1 aromatic heterocycles. The molecular formula is C5H3BrN2O2. The van der Waals surface area contributed by atoms with Crippen LogP contribution in [0, 0.1) is 0 Å². The van der Waals surface area contributed by atoms with Crippen molar-refractivity contribution in [2.24, 2.45) is 0 Å². The molecule has 0 aliphatic rings. The van der Waals surface area contributed by atoms with Gasteiger partial charge in [0.25, 0.3) is 0 Å². The molecule has 0 atom stereocenters. The molecule has 1 N–H and O–H groups in total. The summed E-state index contributed by atoms with van der Waals surface area (Å²) in [5, 5.41) is 8.38. The Labute approximate surface area is 65.1 Å². The topological polar surface area (TPSA) is 63.1 Å². The highest BCUT2D eigenvalue weighted by Crippen LogP contribution is 2.00. The van der Waals surface area contributed by atoms with Crippen LogP contribution in [-0.2, 0) is 0 Å². The number of rotatable bonds is 1. The highest BCUT2D eigenvalue weighted by atomic mass is 79.9. The largest absolute Gasteiger partial charge is 0.478 e. The van der Waals surface area contributed by atoms with Crippen molar-refractivity contribution in [1.29, 1.82) is 0 Å². The van der Waals surface area contributed by atoms with E-state index in [1.807, 2.05) is 0 Å². The molecule has 1 aromatic rings. The zero-order chi connectivity index (χ0) is 7.56. The normalized spacial score (nSPS) is 9.30. The molecule has 0 spiro atoms. The van der Waals surface area contributed by atoms with E-state index in [1.54, 1.807) is 0 Å². The van der Waals surface area contributed by atoms with Gasteiger partial charge in [-0.15, -0.1) is 0 Å². The molecule has 0 amide bonds. The number of aromatic carboxylic acids is 1. The number of carboxylic acid groups (broad SMARTS) is 1. The zero-order valence-electron chi connectivity index (χ0n) is 4.78. The molecule has 52 valence electrons. The molecule has 0 unspecified atom stereocenters. The maximum Gasteiger partial charge on any atom is 0.338 e. The average Bonchev–Trinajstić information content (AvgIpc) is 1.88. The standard InChI is InChI=1S/C5H3BrN2O2/c6-5-7-1-3(2-8-5)4(9)10/h1-2H,(H,9,10). The first-order valence-corrected chi connectivity index (χ1v) is 3.20. The van der Waals surface area contributed by atoms with Crippen LogP contribution >= 0.6 is 15.9 Å². The Balaban J connectivity index is 3.00. The van der Waals surface area contributed by atoms with Gasteiger partial charge in [-0.3, -0.25) is 0 Å². The molecule has 5 heteroatoms. The molecule has 0 saturated heterocycles. The highest BCUT2D eigenvalue weighted by Gasteiger charge is 2.01. The minimum atomic E-state index is -1.02. The fourth-order valence-electron chi connectivity index (χ4n) is 0.423. The number of halogens is 1. The first-order chi connectivity index (χ1) is 4.70. The molecule has 0 radical (unpaired) electrons. The fraction of sp³-hybridized carbons (Fsp3) is 0. The van der Waals surface area contributed by atoms with Gasteiger partial charge in [0.15, 0.2) is 4.73 Å². The van der Waals surface area contributed by atoms with Gasteiger partial charge in [-0.25, -0.2) is 14.8 Å². The van der Waals surface area contributed by atoms with Crippen LogP contribution in [-0.4, -0.2) is 21.0 Å². The molecule has 0 aliphatic carbocycles. The third-order valence-corrected chi connectivity index (χ3v) is 1.28. The van der Waals surface area contributed by atoms with E-state index >= 15 is 0 Å². The SMILES string of the molecule is O=C(O)c1cnc(Br)nc1. The van der Waals surface area contributed by atoms with Gasteiger partial charge in [0.2, 0.25) is 0 Å². The molecule has 10 heavy (non-hydrogen) atoms. The van der Waals surface area contributed by atoms with Crippen molar-refractivity contribution in [3.05, 3.63) is 22.7 Å². The third kappa shape index (κ3) is 1.51. The highest BCUT2D eigenvalue weighted by molar-refractivity contribution is 9.10. The number of nitrogens with zero attached hydrogens (tertiary/aromatic N) is 2. The molecule has 0 fully saturated rings. The lowest BCUT2D eigenvalue weighted by Crippen LogP contribution is -1.97. The van der Waals surface area contributed by atoms with E-state index in [0.717, 1.165) is 0 Å². The van der Waals surface area contributed by atoms with Gasteiger partial charge in [-0.1, -0.05) is 0 Å². The van der Waals surface area contributed by atoms with Crippen LogP contribution in [0.5, 0.6) is 0 Å². The van der Waals surface area contributed by atoms with E-state index in [2.05, 4.69) is 25.9 Å². The fourth-order valence-corrected chi connectivity index (χ4v) is 0.627. The Morgan fingerprint density at radius 2 is 2.00 bits per heavy atom. The summed E-state index contributed by atoms with van der Waals surface area (Å²) in [6.07, 6.45) is 2.47. The van der Waals surface area contributed by atoms with Gasteiger partial charge in [0, 0.05) is 12.4 Å². The minimum absolute atomic E-state index is 0.0863. The summed E-state index contributed by atoms with van der Waals surface area (Å²) in [4.78, 5) is 17.5. The summed E-state index contributed by atoms with van der Waals surface area (Å²) < 4.78 is 0.387. The molecule has 4 nitrogen and oxygen atoms in total. The van der Waals surface area contributed by atoms with Crippen molar-refractivity contribution in [2.45, 2.75) is 0 Å². The Kier molecular flexibility index (Phi) is 1.96. The summed E-state index contributed by atoms with van der Waals surface area (Å²) in [5.74, 6) is -1.02. The summed E-state index contributed by atoms with van der Waals surface area (Å²) in [7, 11) is 0. The maximum atomic E-state index is 10.2. The van der Waals surface area contributed by atoms with Crippen LogP contribution in [0.4, 0.5) is 0 Å². The van der Waals surface area contributed by atoms with E-state index < -0.39 is 5.97 Å². The Hall–Kier alpha value is -0.970. The van der Waals surface area contributed by atoms with Crippen LogP contribution in [0.25, 0.3) is 0 Å². The third-order valence-electron chi connectivity index (χ3n) is 0.867. The van der Waals surface area contributed by atoms with Crippen LogP contribution < -0.4 is 0 Å². The van der Waals surface area contributed by atoms with E-state index in [0.29, 0.717) is 4.73 Å². The van der Waals surface area contributed by atoms with E-state index in [-0.39, 0.29) is 5.56 Å². The molecular weight excluding hydrogens is 200 g/mol. The summed E-state index contributed by atoms with van der Waals surface area (Å²) in [6, 6.07) is 0. The number of hydrogen-bond acceptors (Lipinski definition) is 3. The number of carboxylic acids is 1. The van der Waals surface area contributed by atoms with Gasteiger partial charge in [0.1, 0.15) is 0 Å². The van der Waals surface area contributed by atoms with Gasteiger partial charge >= 0.3 is 5.97 Å². The quantitative estimate of drug-likeness (QED) is 0.689. The summed E-state index contributed by atoms with van der Waals surface area (Å²) in [6.45, 7) is 0. The smallest absolute Gasteiger partial charge is 0.338 e. The average molecular weight is 203 g/mol. The predicted molar refractivity (Wildman–Crippen MR) is 36.7 cm³/mol. The van der Waals surface area contributed by atoms with Crippen molar-refractivity contribution in [3.63, 3.8) is 0 Å². The molecule has 0 bridgehead atoms. The van der Waals surface area contributed by atoms with Crippen LogP contribution in [0.1, 0.15) is 10.4 Å². The van der Waals surface area contributed by atoms with E-state index in [1.165, 1.54) is 12.4 Å². The van der Waals surface area contributed by atoms with Crippen LogP contribution in [0.3, 0.4) is 0 Å². The van der Waals surface area contributed by atoms with Gasteiger partial charge in [0.05, 0.1) is 5.56 Å². The number of hydrogen-bond donors (Lipinski definition) is 1. The minimum Gasteiger partial charge on any atom is -0.478 e. The molecule has 0 saturated carbocycles. The number of aromatic nitrogens is 2. The second-order valence-electron chi connectivity index (χ2n) is 1.55. The summed E-state index contributed by atoms with van der Waals surface area (Å²) in [5.41, 5.74) is 0.0863. The Bertz CT molecular complexity index is 246. The van der Waals surface area contributed by atoms with Crippen LogP contribution in [0.15, 0.2) is 17.1 Å². The van der Waals surface area contributed by atoms with Crippen molar-refractivity contribution in [2.75, 3.05) is 0 Å². The Morgan fingerprint density at radius 1 is 1.50 bits per heavy atom. The molecule has 0 aromatic carbocycles. The van der Waals surface area contributed by atoms with Crippen molar-refractivity contribution in [3.8, 4) is 0 Å². The lowest BCUT2D eigenvalue weighted by atomic mass is 10.4. The van der Waals surface area contributed by atoms with E-state index in [4.69, 9.17) is 5.11 Å². The molecule has 1 heterocycles. The first-order valence-electron chi connectivity index (χ1n) is 2.41. The van der Waals surface area contributed by atoms with Crippen molar-refractivity contribution < 1.29 is 9.90 Å². The Morgan fingerprint density at radius 3 is 2.40 bits per heavy atom. The van der Waals surface area contributed by atoms with Gasteiger partial charge in [-0.05, 0) is 15.9 Å². The lowest BCUT2D eigenvalue weighted by molar-refractivity contribution is 0.0696. The summed E-state index contributed by atoms with van der Waals surface area (Å²) >= 11 is 2.98.